The number of hydrogen-bond acceptors (Lipinski definition) is 7. The highest BCUT2D eigenvalue weighted by atomic mass is 32.1. The van der Waals surface area contributed by atoms with E-state index in [2.05, 4.69) is 36.9 Å². The minimum absolute atomic E-state index is 0.196. The van der Waals surface area contributed by atoms with Crippen LogP contribution in [-0.4, -0.2) is 37.5 Å². The molecule has 162 valence electrons. The van der Waals surface area contributed by atoms with Crippen molar-refractivity contribution in [3.05, 3.63) is 41.8 Å². The first-order valence-corrected chi connectivity index (χ1v) is 10.8. The molecule has 0 bridgehead atoms. The molecule has 3 aromatic heterocycles. The van der Waals surface area contributed by atoms with Crippen LogP contribution in [0.4, 0.5) is 9.93 Å². The Hall–Kier alpha value is -3.27. The zero-order valence-corrected chi connectivity index (χ0v) is 19.0. The van der Waals surface area contributed by atoms with Gasteiger partial charge in [-0.1, -0.05) is 43.3 Å². The van der Waals surface area contributed by atoms with Gasteiger partial charge in [-0.3, -0.25) is 10.00 Å². The Bertz CT molecular complexity index is 1230. The van der Waals surface area contributed by atoms with E-state index in [4.69, 9.17) is 4.52 Å². The number of rotatable bonds is 5. The summed E-state index contributed by atoms with van der Waals surface area (Å²) in [4.78, 5) is 21.1. The van der Waals surface area contributed by atoms with Gasteiger partial charge in [-0.25, -0.2) is 9.78 Å². The predicted molar refractivity (Wildman–Crippen MR) is 120 cm³/mol. The lowest BCUT2D eigenvalue weighted by atomic mass is 9.97. The number of aromatic nitrogens is 5. The van der Waals surface area contributed by atoms with Crippen LogP contribution in [-0.2, 0) is 18.9 Å². The van der Waals surface area contributed by atoms with Crippen molar-refractivity contribution in [2.75, 3.05) is 11.9 Å². The molecule has 0 saturated heterocycles. The average Bonchev–Trinajstić information content (AvgIpc) is 3.38. The summed E-state index contributed by atoms with van der Waals surface area (Å²) in [6, 6.07) is 5.73. The van der Waals surface area contributed by atoms with Gasteiger partial charge in [0.2, 0.25) is 5.89 Å². The van der Waals surface area contributed by atoms with Crippen LogP contribution >= 0.6 is 11.3 Å². The third kappa shape index (κ3) is 4.74. The fraction of sp³-hybridized carbons (Fsp3) is 0.381. The van der Waals surface area contributed by atoms with Crippen LogP contribution in [0.5, 0.6) is 0 Å². The Morgan fingerprint density at radius 2 is 2.06 bits per heavy atom. The number of hydrogen-bond donors (Lipinski definition) is 2. The maximum absolute atomic E-state index is 12.2. The molecule has 0 radical (unpaired) electrons. The SMILES string of the molecule is Cc1nn(C)cc1-c1ccc2nc(NC(=O)NCCc3noc(C(C)(C)C)n3)sc2c1. The molecule has 0 aliphatic rings. The minimum atomic E-state index is -0.318. The number of benzene rings is 1. The number of anilines is 1. The molecule has 0 spiro atoms. The molecule has 0 saturated carbocycles. The van der Waals surface area contributed by atoms with Gasteiger partial charge in [-0.15, -0.1) is 0 Å². The first-order chi connectivity index (χ1) is 14.7. The lowest BCUT2D eigenvalue weighted by molar-refractivity contribution is 0.252. The van der Waals surface area contributed by atoms with Crippen molar-refractivity contribution in [1.29, 1.82) is 0 Å². The highest BCUT2D eigenvalue weighted by Crippen LogP contribution is 2.31. The van der Waals surface area contributed by atoms with Crippen LogP contribution in [0.25, 0.3) is 21.3 Å². The van der Waals surface area contributed by atoms with E-state index in [1.807, 2.05) is 53.1 Å². The van der Waals surface area contributed by atoms with Crippen molar-refractivity contribution in [1.82, 2.24) is 30.2 Å². The van der Waals surface area contributed by atoms with Crippen molar-refractivity contribution in [3.8, 4) is 11.1 Å². The van der Waals surface area contributed by atoms with Crippen LogP contribution in [0.2, 0.25) is 0 Å². The fourth-order valence-corrected chi connectivity index (χ4v) is 4.02. The van der Waals surface area contributed by atoms with Crippen molar-refractivity contribution in [2.45, 2.75) is 39.5 Å². The van der Waals surface area contributed by atoms with Crippen LogP contribution in [0.1, 0.15) is 38.2 Å². The molecule has 0 unspecified atom stereocenters. The zero-order valence-electron chi connectivity index (χ0n) is 18.2. The number of aryl methyl sites for hydroxylation is 2. The standard InChI is InChI=1S/C21H25N7O2S/c1-12-14(11-28(5)26-12)13-6-7-15-16(10-13)31-20(23-15)25-19(29)22-9-8-17-24-18(30-27-17)21(2,3)4/h6-7,10-11H,8-9H2,1-5H3,(H2,22,23,25,29). The molecule has 31 heavy (non-hydrogen) atoms. The van der Waals surface area contributed by atoms with E-state index in [1.165, 1.54) is 11.3 Å². The maximum Gasteiger partial charge on any atom is 0.321 e. The summed E-state index contributed by atoms with van der Waals surface area (Å²) >= 11 is 1.43. The van der Waals surface area contributed by atoms with Gasteiger partial charge < -0.3 is 9.84 Å². The topological polar surface area (TPSA) is 111 Å². The molecular formula is C21H25N7O2S. The molecule has 2 amide bonds. The molecule has 4 aromatic rings. The van der Waals surface area contributed by atoms with E-state index in [0.717, 1.165) is 27.0 Å². The molecule has 9 nitrogen and oxygen atoms in total. The Kier molecular flexibility index (Phi) is 5.48. The summed E-state index contributed by atoms with van der Waals surface area (Å²) in [6.45, 7) is 8.41. The number of fused-ring (bicyclic) bond motifs is 1. The van der Waals surface area contributed by atoms with Crippen molar-refractivity contribution in [2.24, 2.45) is 7.05 Å². The van der Waals surface area contributed by atoms with Gasteiger partial charge in [0.1, 0.15) is 0 Å². The van der Waals surface area contributed by atoms with Gasteiger partial charge in [-0.05, 0) is 24.6 Å². The third-order valence-electron chi connectivity index (χ3n) is 4.68. The van der Waals surface area contributed by atoms with Gasteiger partial charge in [0, 0.05) is 37.2 Å². The highest BCUT2D eigenvalue weighted by Gasteiger charge is 2.21. The van der Waals surface area contributed by atoms with Crippen molar-refractivity contribution in [3.63, 3.8) is 0 Å². The number of nitrogens with zero attached hydrogens (tertiary/aromatic N) is 5. The number of carbonyl (C=O) groups is 1. The van der Waals surface area contributed by atoms with Crippen LogP contribution in [0.15, 0.2) is 28.9 Å². The number of nitrogens with one attached hydrogen (secondary N) is 2. The second kappa shape index (κ2) is 8.10. The summed E-state index contributed by atoms with van der Waals surface area (Å²) in [5, 5.41) is 14.5. The van der Waals surface area contributed by atoms with Gasteiger partial charge in [0.05, 0.1) is 15.9 Å². The van der Waals surface area contributed by atoms with E-state index in [-0.39, 0.29) is 11.4 Å². The molecular weight excluding hydrogens is 414 g/mol. The molecule has 10 heteroatoms. The highest BCUT2D eigenvalue weighted by molar-refractivity contribution is 7.22. The third-order valence-corrected chi connectivity index (χ3v) is 5.61. The van der Waals surface area contributed by atoms with E-state index >= 15 is 0 Å². The monoisotopic (exact) mass is 439 g/mol. The fourth-order valence-electron chi connectivity index (χ4n) is 3.12. The summed E-state index contributed by atoms with van der Waals surface area (Å²) in [5.74, 6) is 1.16. The van der Waals surface area contributed by atoms with Crippen LogP contribution < -0.4 is 10.6 Å². The summed E-state index contributed by atoms with van der Waals surface area (Å²) in [5.41, 5.74) is 3.78. The van der Waals surface area contributed by atoms with Gasteiger partial charge in [0.15, 0.2) is 11.0 Å². The Labute approximate surface area is 183 Å². The minimum Gasteiger partial charge on any atom is -0.339 e. The quantitative estimate of drug-likeness (QED) is 0.485. The molecule has 0 aliphatic heterocycles. The summed E-state index contributed by atoms with van der Waals surface area (Å²) in [7, 11) is 1.91. The Balaban J connectivity index is 1.36. The molecule has 4 rings (SSSR count). The van der Waals surface area contributed by atoms with Crippen LogP contribution in [0.3, 0.4) is 0 Å². The molecule has 1 aromatic carbocycles. The molecule has 3 heterocycles. The zero-order chi connectivity index (χ0) is 22.2. The number of urea groups is 1. The smallest absolute Gasteiger partial charge is 0.321 e. The second-order valence-corrected chi connectivity index (χ2v) is 9.43. The number of carbonyl (C=O) groups excluding carboxylic acids is 1. The van der Waals surface area contributed by atoms with E-state index in [1.54, 1.807) is 4.68 Å². The van der Waals surface area contributed by atoms with Crippen LogP contribution in [0, 0.1) is 6.92 Å². The normalized spacial score (nSPS) is 11.8. The Morgan fingerprint density at radius 1 is 1.26 bits per heavy atom. The van der Waals surface area contributed by atoms with Gasteiger partial charge in [-0.2, -0.15) is 10.1 Å². The summed E-state index contributed by atoms with van der Waals surface area (Å²) < 4.78 is 8.06. The van der Waals surface area contributed by atoms with Crippen molar-refractivity contribution < 1.29 is 9.32 Å². The number of amides is 2. The molecule has 0 fully saturated rings. The van der Waals surface area contributed by atoms with Crippen molar-refractivity contribution >= 4 is 32.7 Å². The maximum atomic E-state index is 12.2. The average molecular weight is 440 g/mol. The first-order valence-electron chi connectivity index (χ1n) is 9.98. The second-order valence-electron chi connectivity index (χ2n) is 8.40. The molecule has 2 N–H and O–H groups in total. The lowest BCUT2D eigenvalue weighted by Crippen LogP contribution is -2.30. The molecule has 0 atom stereocenters. The first kappa shape index (κ1) is 21.0. The van der Waals surface area contributed by atoms with Gasteiger partial charge in [0.25, 0.3) is 0 Å². The summed E-state index contributed by atoms with van der Waals surface area (Å²) in [6.07, 6.45) is 2.49. The Morgan fingerprint density at radius 3 is 2.74 bits per heavy atom. The van der Waals surface area contributed by atoms with E-state index in [9.17, 15) is 4.79 Å². The van der Waals surface area contributed by atoms with E-state index in [0.29, 0.717) is 29.8 Å². The van der Waals surface area contributed by atoms with E-state index < -0.39 is 0 Å². The molecule has 0 aliphatic carbocycles. The lowest BCUT2D eigenvalue weighted by Gasteiger charge is -2.10. The largest absolute Gasteiger partial charge is 0.339 e. The predicted octanol–water partition coefficient (Wildman–Crippen LogP) is 4.05. The van der Waals surface area contributed by atoms with Gasteiger partial charge >= 0.3 is 6.03 Å². The number of thiazole rings is 1.